The van der Waals surface area contributed by atoms with Gasteiger partial charge >= 0.3 is 0 Å². The second-order valence-corrected chi connectivity index (χ2v) is 4.54. The molecule has 0 spiro atoms. The Morgan fingerprint density at radius 1 is 1.18 bits per heavy atom. The lowest BCUT2D eigenvalue weighted by molar-refractivity contribution is 0.758. The van der Waals surface area contributed by atoms with E-state index in [0.29, 0.717) is 12.5 Å². The van der Waals surface area contributed by atoms with Gasteiger partial charge in [-0.05, 0) is 21.5 Å². The predicted octanol–water partition coefficient (Wildman–Crippen LogP) is 2.35. The van der Waals surface area contributed by atoms with Gasteiger partial charge < -0.3 is 11.1 Å². The molecular formula is C12H13BrN4. The minimum Gasteiger partial charge on any atom is -0.352 e. The van der Waals surface area contributed by atoms with Gasteiger partial charge in [-0.2, -0.15) is 0 Å². The average Bonchev–Trinajstić information content (AvgIpc) is 2.39. The van der Waals surface area contributed by atoms with Crippen molar-refractivity contribution in [1.82, 2.24) is 9.97 Å². The Kier molecular flexibility index (Phi) is 4.06. The van der Waals surface area contributed by atoms with E-state index >= 15 is 0 Å². The highest BCUT2D eigenvalue weighted by Crippen LogP contribution is 2.11. The smallest absolute Gasteiger partial charge is 0.222 e. The molecule has 1 aromatic carbocycles. The van der Waals surface area contributed by atoms with Crippen molar-refractivity contribution in [3.05, 3.63) is 52.8 Å². The number of nitrogens with two attached hydrogens (primary N) is 1. The molecule has 1 aromatic heterocycles. The average molecular weight is 293 g/mol. The van der Waals surface area contributed by atoms with E-state index in [-0.39, 0.29) is 6.04 Å². The van der Waals surface area contributed by atoms with Gasteiger partial charge in [0.15, 0.2) is 0 Å². The van der Waals surface area contributed by atoms with Crippen molar-refractivity contribution in [2.75, 3.05) is 11.9 Å². The van der Waals surface area contributed by atoms with Gasteiger partial charge in [0.05, 0.1) is 4.47 Å². The molecule has 88 valence electrons. The molecule has 2 rings (SSSR count). The van der Waals surface area contributed by atoms with Crippen LogP contribution in [-0.2, 0) is 0 Å². The molecule has 3 N–H and O–H groups in total. The maximum Gasteiger partial charge on any atom is 0.222 e. The summed E-state index contributed by atoms with van der Waals surface area (Å²) in [6, 6.07) is 9.88. The van der Waals surface area contributed by atoms with Crippen LogP contribution in [0.1, 0.15) is 11.6 Å². The first kappa shape index (κ1) is 12.0. The molecule has 5 heteroatoms. The maximum absolute atomic E-state index is 6.05. The van der Waals surface area contributed by atoms with E-state index in [0.717, 1.165) is 10.0 Å². The molecule has 0 bridgehead atoms. The monoisotopic (exact) mass is 292 g/mol. The Balaban J connectivity index is 1.92. The fourth-order valence-electron chi connectivity index (χ4n) is 1.42. The third-order valence-corrected chi connectivity index (χ3v) is 2.74. The maximum atomic E-state index is 6.05. The second kappa shape index (κ2) is 5.75. The fraction of sp³-hybridized carbons (Fsp3) is 0.167. The molecule has 0 fully saturated rings. The van der Waals surface area contributed by atoms with Crippen molar-refractivity contribution < 1.29 is 0 Å². The Hall–Kier alpha value is -1.46. The first-order valence-corrected chi connectivity index (χ1v) is 6.07. The summed E-state index contributed by atoms with van der Waals surface area (Å²) in [4.78, 5) is 8.24. The van der Waals surface area contributed by atoms with E-state index in [2.05, 4.69) is 31.2 Å². The van der Waals surface area contributed by atoms with E-state index in [4.69, 9.17) is 5.73 Å². The van der Waals surface area contributed by atoms with E-state index in [1.54, 1.807) is 12.4 Å². The van der Waals surface area contributed by atoms with E-state index < -0.39 is 0 Å². The molecule has 0 aliphatic rings. The van der Waals surface area contributed by atoms with Gasteiger partial charge in [-0.3, -0.25) is 0 Å². The van der Waals surface area contributed by atoms with Crippen LogP contribution in [0, 0.1) is 0 Å². The van der Waals surface area contributed by atoms with Crippen molar-refractivity contribution in [3.63, 3.8) is 0 Å². The first-order chi connectivity index (χ1) is 8.25. The number of aromatic nitrogens is 2. The van der Waals surface area contributed by atoms with Crippen LogP contribution in [0.3, 0.4) is 0 Å². The van der Waals surface area contributed by atoms with Crippen LogP contribution in [0.5, 0.6) is 0 Å². The van der Waals surface area contributed by atoms with Gasteiger partial charge in [-0.15, -0.1) is 0 Å². The zero-order valence-corrected chi connectivity index (χ0v) is 10.8. The summed E-state index contributed by atoms with van der Waals surface area (Å²) in [5.41, 5.74) is 7.14. The summed E-state index contributed by atoms with van der Waals surface area (Å²) < 4.78 is 0.857. The van der Waals surface area contributed by atoms with Crippen LogP contribution in [-0.4, -0.2) is 16.5 Å². The van der Waals surface area contributed by atoms with Gasteiger partial charge in [-0.1, -0.05) is 30.3 Å². The summed E-state index contributed by atoms with van der Waals surface area (Å²) in [6.07, 6.45) is 3.40. The van der Waals surface area contributed by atoms with Crippen LogP contribution in [0.4, 0.5) is 5.95 Å². The minimum absolute atomic E-state index is 0.0663. The van der Waals surface area contributed by atoms with Gasteiger partial charge in [0.25, 0.3) is 0 Å². The fourth-order valence-corrected chi connectivity index (χ4v) is 1.63. The zero-order valence-electron chi connectivity index (χ0n) is 9.18. The Morgan fingerprint density at radius 3 is 2.47 bits per heavy atom. The number of nitrogens with one attached hydrogen (secondary N) is 1. The third-order valence-electron chi connectivity index (χ3n) is 2.33. The van der Waals surface area contributed by atoms with E-state index in [1.807, 2.05) is 30.3 Å². The molecule has 0 amide bonds. The number of benzene rings is 1. The second-order valence-electron chi connectivity index (χ2n) is 3.62. The molecule has 0 radical (unpaired) electrons. The highest BCUT2D eigenvalue weighted by atomic mass is 79.9. The number of nitrogens with zero attached hydrogens (tertiary/aromatic N) is 2. The van der Waals surface area contributed by atoms with Crippen LogP contribution in [0.15, 0.2) is 47.2 Å². The largest absolute Gasteiger partial charge is 0.352 e. The van der Waals surface area contributed by atoms with Crippen molar-refractivity contribution in [1.29, 1.82) is 0 Å². The van der Waals surface area contributed by atoms with Gasteiger partial charge in [-0.25, -0.2) is 9.97 Å². The number of rotatable bonds is 4. The standard InChI is InChI=1S/C12H13BrN4/c13-10-6-15-12(16-7-10)17-8-11(14)9-4-2-1-3-5-9/h1-7,11H,8,14H2,(H,15,16,17). The van der Waals surface area contributed by atoms with Gasteiger partial charge in [0, 0.05) is 25.0 Å². The van der Waals surface area contributed by atoms with Gasteiger partial charge in [0.2, 0.25) is 5.95 Å². The van der Waals surface area contributed by atoms with Crippen molar-refractivity contribution in [2.45, 2.75) is 6.04 Å². The van der Waals surface area contributed by atoms with Crippen LogP contribution < -0.4 is 11.1 Å². The summed E-state index contributed by atoms with van der Waals surface area (Å²) >= 11 is 3.28. The molecule has 0 aliphatic carbocycles. The Morgan fingerprint density at radius 2 is 1.82 bits per heavy atom. The first-order valence-electron chi connectivity index (χ1n) is 5.27. The molecule has 0 saturated heterocycles. The lowest BCUT2D eigenvalue weighted by atomic mass is 10.1. The van der Waals surface area contributed by atoms with Crippen LogP contribution >= 0.6 is 15.9 Å². The SMILES string of the molecule is NC(CNc1ncc(Br)cn1)c1ccccc1. The highest BCUT2D eigenvalue weighted by molar-refractivity contribution is 9.10. The van der Waals surface area contributed by atoms with E-state index in [1.165, 1.54) is 0 Å². The lowest BCUT2D eigenvalue weighted by Gasteiger charge is -2.12. The van der Waals surface area contributed by atoms with Crippen molar-refractivity contribution >= 4 is 21.9 Å². The summed E-state index contributed by atoms with van der Waals surface area (Å²) in [5.74, 6) is 0.583. The van der Waals surface area contributed by atoms with Crippen molar-refractivity contribution in [2.24, 2.45) is 5.73 Å². The van der Waals surface area contributed by atoms with Gasteiger partial charge in [0.1, 0.15) is 0 Å². The normalized spacial score (nSPS) is 12.1. The molecule has 2 aromatic rings. The van der Waals surface area contributed by atoms with Crippen molar-refractivity contribution in [3.8, 4) is 0 Å². The number of anilines is 1. The highest BCUT2D eigenvalue weighted by Gasteiger charge is 2.05. The number of hydrogen-bond donors (Lipinski definition) is 2. The molecule has 1 atom stereocenters. The quantitative estimate of drug-likeness (QED) is 0.908. The summed E-state index contributed by atoms with van der Waals surface area (Å²) in [5, 5.41) is 3.10. The summed E-state index contributed by atoms with van der Waals surface area (Å²) in [7, 11) is 0. The number of hydrogen-bond acceptors (Lipinski definition) is 4. The lowest BCUT2D eigenvalue weighted by Crippen LogP contribution is -2.21. The molecule has 1 unspecified atom stereocenters. The Labute approximate surface area is 108 Å². The predicted molar refractivity (Wildman–Crippen MR) is 71.6 cm³/mol. The Bertz CT molecular complexity index is 458. The van der Waals surface area contributed by atoms with Crippen LogP contribution in [0.25, 0.3) is 0 Å². The number of halogens is 1. The third kappa shape index (κ3) is 3.51. The molecular weight excluding hydrogens is 280 g/mol. The molecule has 17 heavy (non-hydrogen) atoms. The summed E-state index contributed by atoms with van der Waals surface area (Å²) in [6.45, 7) is 0.603. The molecule has 4 nitrogen and oxygen atoms in total. The molecule has 0 saturated carbocycles. The molecule has 0 aliphatic heterocycles. The zero-order chi connectivity index (χ0) is 12.1. The topological polar surface area (TPSA) is 63.8 Å². The molecule has 1 heterocycles. The van der Waals surface area contributed by atoms with E-state index in [9.17, 15) is 0 Å². The minimum atomic E-state index is -0.0663. The van der Waals surface area contributed by atoms with Crippen LogP contribution in [0.2, 0.25) is 0 Å².